The molecule has 0 aliphatic carbocycles. The molecule has 0 aliphatic heterocycles. The van der Waals surface area contributed by atoms with Crippen LogP contribution in [0.4, 0.5) is 0 Å². The highest BCUT2D eigenvalue weighted by Gasteiger charge is 2.12. The zero-order chi connectivity index (χ0) is 19.3. The van der Waals surface area contributed by atoms with Gasteiger partial charge in [-0.2, -0.15) is 0 Å². The summed E-state index contributed by atoms with van der Waals surface area (Å²) in [6, 6.07) is 14.1. The highest BCUT2D eigenvalue weighted by molar-refractivity contribution is 5.95. The van der Waals surface area contributed by atoms with Crippen LogP contribution in [0.5, 0.6) is 0 Å². The Hall–Kier alpha value is -3.81. The molecule has 0 saturated heterocycles. The third kappa shape index (κ3) is 4.60. The molecule has 2 heterocycles. The summed E-state index contributed by atoms with van der Waals surface area (Å²) in [4.78, 5) is 9.00. The van der Waals surface area contributed by atoms with E-state index in [1.807, 2.05) is 18.2 Å². The van der Waals surface area contributed by atoms with Crippen LogP contribution in [-0.2, 0) is 4.79 Å². The van der Waals surface area contributed by atoms with Gasteiger partial charge in [0.25, 0.3) is 5.97 Å². The van der Waals surface area contributed by atoms with Gasteiger partial charge in [-0.05, 0) is 24.3 Å². The number of hydrogen-bond acceptors (Lipinski definition) is 5. The van der Waals surface area contributed by atoms with Gasteiger partial charge in [0, 0.05) is 18.1 Å². The predicted molar refractivity (Wildman–Crippen MR) is 97.2 cm³/mol. The number of carboxylic acids is 1. The minimum Gasteiger partial charge on any atom is -0.481 e. The van der Waals surface area contributed by atoms with E-state index in [0.29, 0.717) is 28.6 Å². The third-order valence-electron chi connectivity index (χ3n) is 3.20. The van der Waals surface area contributed by atoms with Crippen molar-refractivity contribution in [1.82, 2.24) is 0 Å². The zero-order valence-electron chi connectivity index (χ0n) is 13.9. The maximum Gasteiger partial charge on any atom is 0.300 e. The summed E-state index contributed by atoms with van der Waals surface area (Å²) in [5, 5.41) is 22.1. The summed E-state index contributed by atoms with van der Waals surface area (Å²) >= 11 is 0. The molecule has 0 amide bonds. The summed E-state index contributed by atoms with van der Waals surface area (Å²) in [6.07, 6.45) is 0. The number of aliphatic carboxylic acids is 1. The molecular weight excluding hydrogens is 336 g/mol. The number of amidine groups is 2. The largest absolute Gasteiger partial charge is 0.481 e. The molecule has 0 radical (unpaired) electrons. The first-order chi connectivity index (χ1) is 12.3. The molecule has 0 aliphatic rings. The van der Waals surface area contributed by atoms with Gasteiger partial charge < -0.3 is 25.4 Å². The normalized spacial score (nSPS) is 9.88. The first kappa shape index (κ1) is 18.5. The fraction of sp³-hybridized carbons (Fsp3) is 0.0556. The summed E-state index contributed by atoms with van der Waals surface area (Å²) in [5.74, 6) is 1.11. The van der Waals surface area contributed by atoms with E-state index >= 15 is 0 Å². The SMILES string of the molecule is CC(=O)O.N=C(N)c1ccc(-c2ccc(-c3ccc(C(=N)N)o3)o2)cc1. The number of rotatable bonds is 4. The van der Waals surface area contributed by atoms with E-state index in [9.17, 15) is 0 Å². The lowest BCUT2D eigenvalue weighted by atomic mass is 10.1. The van der Waals surface area contributed by atoms with Crippen LogP contribution in [-0.4, -0.2) is 22.7 Å². The van der Waals surface area contributed by atoms with Crippen molar-refractivity contribution >= 4 is 17.6 Å². The maximum absolute atomic E-state index is 9.00. The molecule has 134 valence electrons. The molecule has 3 rings (SSSR count). The molecule has 7 N–H and O–H groups in total. The standard InChI is InChI=1S/C16H14N4O2.C2H4O2/c17-15(18)10-3-1-9(2-4-10)11-5-6-12(21-11)13-7-8-14(22-13)16(19)20;1-2(3)4/h1-8H,(H3,17,18)(H3,19,20);1H3,(H,3,4). The lowest BCUT2D eigenvalue weighted by Gasteiger charge is -2.00. The van der Waals surface area contributed by atoms with E-state index in [-0.39, 0.29) is 11.7 Å². The van der Waals surface area contributed by atoms with Gasteiger partial charge in [0.1, 0.15) is 11.6 Å². The van der Waals surface area contributed by atoms with Crippen LogP contribution in [0.2, 0.25) is 0 Å². The van der Waals surface area contributed by atoms with Gasteiger partial charge in [-0.1, -0.05) is 24.3 Å². The summed E-state index contributed by atoms with van der Waals surface area (Å²) in [6.45, 7) is 1.08. The Morgan fingerprint density at radius 3 is 1.85 bits per heavy atom. The zero-order valence-corrected chi connectivity index (χ0v) is 13.9. The molecular formula is C18H18N4O4. The lowest BCUT2D eigenvalue weighted by molar-refractivity contribution is -0.134. The molecule has 8 nitrogen and oxygen atoms in total. The molecule has 0 bridgehead atoms. The van der Waals surface area contributed by atoms with Crippen molar-refractivity contribution in [3.63, 3.8) is 0 Å². The van der Waals surface area contributed by atoms with Crippen LogP contribution in [0, 0.1) is 10.8 Å². The highest BCUT2D eigenvalue weighted by Crippen LogP contribution is 2.29. The van der Waals surface area contributed by atoms with Gasteiger partial charge in [0.15, 0.2) is 23.1 Å². The van der Waals surface area contributed by atoms with Crippen LogP contribution in [0.3, 0.4) is 0 Å². The van der Waals surface area contributed by atoms with Crippen molar-refractivity contribution in [1.29, 1.82) is 10.8 Å². The van der Waals surface area contributed by atoms with Crippen molar-refractivity contribution in [2.75, 3.05) is 0 Å². The monoisotopic (exact) mass is 354 g/mol. The smallest absolute Gasteiger partial charge is 0.300 e. The molecule has 0 spiro atoms. The van der Waals surface area contributed by atoms with Crippen LogP contribution < -0.4 is 11.5 Å². The minimum absolute atomic E-state index is 0.0269. The number of carboxylic acid groups (broad SMARTS) is 1. The van der Waals surface area contributed by atoms with Crippen LogP contribution in [0.15, 0.2) is 57.4 Å². The second-order valence-electron chi connectivity index (χ2n) is 5.25. The second kappa shape index (κ2) is 7.84. The minimum atomic E-state index is -0.833. The van der Waals surface area contributed by atoms with Gasteiger partial charge in [-0.25, -0.2) is 0 Å². The fourth-order valence-electron chi connectivity index (χ4n) is 2.05. The molecule has 2 aromatic heterocycles. The van der Waals surface area contributed by atoms with E-state index in [2.05, 4.69) is 0 Å². The highest BCUT2D eigenvalue weighted by atomic mass is 16.4. The predicted octanol–water partition coefficient (Wildman–Crippen LogP) is 2.87. The Bertz CT molecular complexity index is 934. The summed E-state index contributed by atoms with van der Waals surface area (Å²) in [5.41, 5.74) is 12.3. The number of benzene rings is 1. The fourth-order valence-corrected chi connectivity index (χ4v) is 2.05. The third-order valence-corrected chi connectivity index (χ3v) is 3.20. The first-order valence-corrected chi connectivity index (χ1v) is 7.46. The Morgan fingerprint density at radius 2 is 1.35 bits per heavy atom. The molecule has 8 heteroatoms. The summed E-state index contributed by atoms with van der Waals surface area (Å²) < 4.78 is 11.2. The van der Waals surface area contributed by atoms with Crippen molar-refractivity contribution in [3.8, 4) is 22.8 Å². The number of carbonyl (C=O) groups is 1. The van der Waals surface area contributed by atoms with E-state index < -0.39 is 5.97 Å². The van der Waals surface area contributed by atoms with Crippen molar-refractivity contribution in [3.05, 3.63) is 59.9 Å². The van der Waals surface area contributed by atoms with Gasteiger partial charge >= 0.3 is 0 Å². The molecule has 0 fully saturated rings. The van der Waals surface area contributed by atoms with Gasteiger partial charge in [0.05, 0.1) is 0 Å². The van der Waals surface area contributed by atoms with Gasteiger partial charge in [-0.3, -0.25) is 15.6 Å². The second-order valence-corrected chi connectivity index (χ2v) is 5.25. The quantitative estimate of drug-likeness (QED) is 0.357. The number of hydrogen-bond donors (Lipinski definition) is 5. The Balaban J connectivity index is 0.000000552. The van der Waals surface area contributed by atoms with E-state index in [0.717, 1.165) is 12.5 Å². The Morgan fingerprint density at radius 1 is 0.846 bits per heavy atom. The average molecular weight is 354 g/mol. The van der Waals surface area contributed by atoms with Crippen molar-refractivity contribution in [2.45, 2.75) is 6.92 Å². The molecule has 0 unspecified atom stereocenters. The Labute approximate surface area is 149 Å². The van der Waals surface area contributed by atoms with Crippen molar-refractivity contribution < 1.29 is 18.7 Å². The number of nitrogens with one attached hydrogen (secondary N) is 2. The number of nitrogens with two attached hydrogens (primary N) is 2. The van der Waals surface area contributed by atoms with Crippen molar-refractivity contribution in [2.24, 2.45) is 11.5 Å². The Kier molecular flexibility index (Phi) is 5.59. The molecule has 26 heavy (non-hydrogen) atoms. The average Bonchev–Trinajstić information content (AvgIpc) is 3.23. The van der Waals surface area contributed by atoms with Crippen LogP contribution in [0.25, 0.3) is 22.8 Å². The van der Waals surface area contributed by atoms with E-state index in [4.69, 9.17) is 41.0 Å². The lowest BCUT2D eigenvalue weighted by Crippen LogP contribution is -2.10. The van der Waals surface area contributed by atoms with Gasteiger partial charge in [0.2, 0.25) is 0 Å². The maximum atomic E-state index is 9.00. The van der Waals surface area contributed by atoms with E-state index in [1.165, 1.54) is 0 Å². The molecule has 0 saturated carbocycles. The topological polar surface area (TPSA) is 163 Å². The molecule has 3 aromatic rings. The number of nitrogen functional groups attached to an aromatic ring is 2. The van der Waals surface area contributed by atoms with Gasteiger partial charge in [-0.15, -0.1) is 0 Å². The molecule has 0 atom stereocenters. The first-order valence-electron chi connectivity index (χ1n) is 7.46. The number of furan rings is 2. The summed E-state index contributed by atoms with van der Waals surface area (Å²) in [7, 11) is 0. The van der Waals surface area contributed by atoms with Crippen LogP contribution >= 0.6 is 0 Å². The van der Waals surface area contributed by atoms with Crippen LogP contribution in [0.1, 0.15) is 18.2 Å². The van der Waals surface area contributed by atoms with E-state index in [1.54, 1.807) is 30.3 Å². The molecule has 1 aromatic carbocycles.